The number of amides is 1. The van der Waals surface area contributed by atoms with E-state index in [0.717, 1.165) is 0 Å². The lowest BCUT2D eigenvalue weighted by Gasteiger charge is -2.24. The summed E-state index contributed by atoms with van der Waals surface area (Å²) in [6.45, 7) is 1.66. The van der Waals surface area contributed by atoms with Crippen LogP contribution in [0.5, 0.6) is 0 Å². The quantitative estimate of drug-likeness (QED) is 0.910. The summed E-state index contributed by atoms with van der Waals surface area (Å²) in [5.74, 6) is 0.202. The van der Waals surface area contributed by atoms with Crippen molar-refractivity contribution in [1.82, 2.24) is 4.90 Å². The minimum absolute atomic E-state index is 0.0772. The summed E-state index contributed by atoms with van der Waals surface area (Å²) in [5.41, 5.74) is 0.695. The van der Waals surface area contributed by atoms with Gasteiger partial charge in [0.1, 0.15) is 5.78 Å². The molecule has 0 aliphatic carbocycles. The van der Waals surface area contributed by atoms with E-state index in [-0.39, 0.29) is 11.7 Å². The molecule has 1 aromatic rings. The summed E-state index contributed by atoms with van der Waals surface area (Å²) in [6, 6.07) is 7.05. The summed E-state index contributed by atoms with van der Waals surface area (Å²) in [7, 11) is 0. The van der Waals surface area contributed by atoms with E-state index in [9.17, 15) is 9.59 Å². The maximum absolute atomic E-state index is 11.8. The van der Waals surface area contributed by atoms with Crippen LogP contribution in [-0.4, -0.2) is 36.2 Å². The molecule has 1 aromatic carbocycles. The maximum Gasteiger partial charge on any atom is 0.238 e. The molecular formula is C13H15ClN2O2. The molecule has 0 radical (unpaired) electrons. The van der Waals surface area contributed by atoms with Crippen LogP contribution in [0.25, 0.3) is 0 Å². The Morgan fingerprint density at radius 2 is 2.06 bits per heavy atom. The molecule has 1 aliphatic rings. The second-order valence-electron chi connectivity index (χ2n) is 4.37. The molecule has 96 valence electrons. The first-order valence-corrected chi connectivity index (χ1v) is 6.31. The van der Waals surface area contributed by atoms with E-state index in [2.05, 4.69) is 5.32 Å². The average Bonchev–Trinajstić information content (AvgIpc) is 2.32. The van der Waals surface area contributed by atoms with Crippen LogP contribution in [0.1, 0.15) is 12.8 Å². The Morgan fingerprint density at radius 1 is 1.33 bits per heavy atom. The van der Waals surface area contributed by atoms with Gasteiger partial charge in [-0.05, 0) is 18.2 Å². The third-order valence-electron chi connectivity index (χ3n) is 2.89. The zero-order valence-corrected chi connectivity index (χ0v) is 10.7. The van der Waals surface area contributed by atoms with Crippen molar-refractivity contribution in [1.29, 1.82) is 0 Å². The number of carbonyl (C=O) groups excluding carboxylic acids is 2. The van der Waals surface area contributed by atoms with Gasteiger partial charge in [0.25, 0.3) is 0 Å². The van der Waals surface area contributed by atoms with E-state index < -0.39 is 0 Å². The zero-order valence-electron chi connectivity index (χ0n) is 9.99. The normalized spacial score (nSPS) is 16.6. The first-order valence-electron chi connectivity index (χ1n) is 5.93. The van der Waals surface area contributed by atoms with Crippen molar-refractivity contribution in [3.63, 3.8) is 0 Å². The van der Waals surface area contributed by atoms with Crippen molar-refractivity contribution in [2.45, 2.75) is 12.8 Å². The van der Waals surface area contributed by atoms with Gasteiger partial charge in [0.05, 0.1) is 6.54 Å². The number of ketones is 1. The highest BCUT2D eigenvalue weighted by atomic mass is 35.5. The molecule has 0 aromatic heterocycles. The topological polar surface area (TPSA) is 49.4 Å². The van der Waals surface area contributed by atoms with Gasteiger partial charge in [-0.15, -0.1) is 0 Å². The summed E-state index contributed by atoms with van der Waals surface area (Å²) < 4.78 is 0. The molecule has 4 nitrogen and oxygen atoms in total. The summed E-state index contributed by atoms with van der Waals surface area (Å²) in [6.07, 6.45) is 1.09. The van der Waals surface area contributed by atoms with E-state index in [1.807, 2.05) is 4.90 Å². The average molecular weight is 267 g/mol. The fraction of sp³-hybridized carbons (Fsp3) is 0.385. The van der Waals surface area contributed by atoms with Gasteiger partial charge >= 0.3 is 0 Å². The molecule has 1 saturated heterocycles. The molecule has 1 aliphatic heterocycles. The lowest BCUT2D eigenvalue weighted by atomic mass is 10.1. The number of nitrogens with one attached hydrogen (secondary N) is 1. The number of benzene rings is 1. The van der Waals surface area contributed by atoms with Crippen LogP contribution in [0.2, 0.25) is 5.02 Å². The molecule has 0 atom stereocenters. The van der Waals surface area contributed by atoms with Gasteiger partial charge in [-0.2, -0.15) is 0 Å². The minimum Gasteiger partial charge on any atom is -0.325 e. The number of anilines is 1. The third-order valence-corrected chi connectivity index (χ3v) is 3.12. The SMILES string of the molecule is O=C1CCN(CC(=O)Nc2cccc(Cl)c2)CC1. The molecule has 1 heterocycles. The van der Waals surface area contributed by atoms with E-state index >= 15 is 0 Å². The molecule has 1 N–H and O–H groups in total. The molecule has 1 amide bonds. The number of hydrogen-bond acceptors (Lipinski definition) is 3. The lowest BCUT2D eigenvalue weighted by Crippen LogP contribution is -2.39. The van der Waals surface area contributed by atoms with Crippen molar-refractivity contribution < 1.29 is 9.59 Å². The molecule has 0 spiro atoms. The van der Waals surface area contributed by atoms with Crippen molar-refractivity contribution in [3.05, 3.63) is 29.3 Å². The predicted octanol–water partition coefficient (Wildman–Crippen LogP) is 1.94. The standard InChI is InChI=1S/C13H15ClN2O2/c14-10-2-1-3-11(8-10)15-13(18)9-16-6-4-12(17)5-7-16/h1-3,8H,4-7,9H2,(H,15,18). The van der Waals surface area contributed by atoms with Crippen LogP contribution in [0.3, 0.4) is 0 Å². The van der Waals surface area contributed by atoms with Crippen molar-refractivity contribution >= 4 is 29.0 Å². The van der Waals surface area contributed by atoms with Gasteiger partial charge in [0.2, 0.25) is 5.91 Å². The molecule has 0 unspecified atom stereocenters. The van der Waals surface area contributed by atoms with Gasteiger partial charge in [0.15, 0.2) is 0 Å². The van der Waals surface area contributed by atoms with Crippen LogP contribution >= 0.6 is 11.6 Å². The summed E-state index contributed by atoms with van der Waals surface area (Å²) in [4.78, 5) is 24.9. The van der Waals surface area contributed by atoms with Gasteiger partial charge in [-0.1, -0.05) is 17.7 Å². The molecule has 18 heavy (non-hydrogen) atoms. The maximum atomic E-state index is 11.8. The van der Waals surface area contributed by atoms with E-state index in [4.69, 9.17) is 11.6 Å². The summed E-state index contributed by atoms with van der Waals surface area (Å²) >= 11 is 5.84. The van der Waals surface area contributed by atoms with Gasteiger partial charge in [0, 0.05) is 36.6 Å². The van der Waals surface area contributed by atoms with Crippen molar-refractivity contribution in [3.8, 4) is 0 Å². The van der Waals surface area contributed by atoms with E-state index in [0.29, 0.717) is 43.2 Å². The number of hydrogen-bond donors (Lipinski definition) is 1. The highest BCUT2D eigenvalue weighted by Gasteiger charge is 2.18. The number of piperidine rings is 1. The van der Waals surface area contributed by atoms with Gasteiger partial charge in [-0.3, -0.25) is 14.5 Å². The molecule has 0 saturated carbocycles. The van der Waals surface area contributed by atoms with Gasteiger partial charge in [-0.25, -0.2) is 0 Å². The third kappa shape index (κ3) is 3.82. The number of carbonyl (C=O) groups is 2. The Bertz CT molecular complexity index is 452. The van der Waals surface area contributed by atoms with Crippen LogP contribution in [0.4, 0.5) is 5.69 Å². The Kier molecular flexibility index (Phi) is 4.33. The Hall–Kier alpha value is -1.39. The van der Waals surface area contributed by atoms with Crippen LogP contribution in [0.15, 0.2) is 24.3 Å². The fourth-order valence-electron chi connectivity index (χ4n) is 1.93. The number of likely N-dealkylation sites (tertiary alicyclic amines) is 1. The number of nitrogens with zero attached hydrogens (tertiary/aromatic N) is 1. The second-order valence-corrected chi connectivity index (χ2v) is 4.81. The fourth-order valence-corrected chi connectivity index (χ4v) is 2.12. The minimum atomic E-state index is -0.0772. The summed E-state index contributed by atoms with van der Waals surface area (Å²) in [5, 5.41) is 3.39. The highest BCUT2D eigenvalue weighted by molar-refractivity contribution is 6.30. The largest absolute Gasteiger partial charge is 0.325 e. The molecule has 2 rings (SSSR count). The van der Waals surface area contributed by atoms with Crippen molar-refractivity contribution in [2.24, 2.45) is 0 Å². The molecule has 0 bridgehead atoms. The molecule has 1 fully saturated rings. The van der Waals surface area contributed by atoms with Gasteiger partial charge < -0.3 is 5.32 Å². The zero-order chi connectivity index (χ0) is 13.0. The first-order chi connectivity index (χ1) is 8.63. The van der Waals surface area contributed by atoms with Crippen LogP contribution < -0.4 is 5.32 Å². The Balaban J connectivity index is 1.83. The highest BCUT2D eigenvalue weighted by Crippen LogP contribution is 2.15. The molecule has 5 heteroatoms. The number of halogens is 1. The number of rotatable bonds is 3. The van der Waals surface area contributed by atoms with Crippen molar-refractivity contribution in [2.75, 3.05) is 25.0 Å². The first kappa shape index (κ1) is 13.1. The second kappa shape index (κ2) is 5.98. The Morgan fingerprint density at radius 3 is 2.72 bits per heavy atom. The van der Waals surface area contributed by atoms with Crippen LogP contribution in [-0.2, 0) is 9.59 Å². The predicted molar refractivity (Wildman–Crippen MR) is 70.8 cm³/mol. The van der Waals surface area contributed by atoms with Crippen LogP contribution in [0, 0.1) is 0 Å². The Labute approximate surface area is 111 Å². The lowest BCUT2D eigenvalue weighted by molar-refractivity contribution is -0.124. The van der Waals surface area contributed by atoms with E-state index in [1.54, 1.807) is 24.3 Å². The molecular weight excluding hydrogens is 252 g/mol. The number of Topliss-reactive ketones (excluding diaryl/α,β-unsaturated/α-hetero) is 1. The van der Waals surface area contributed by atoms with E-state index in [1.165, 1.54) is 0 Å². The smallest absolute Gasteiger partial charge is 0.238 e. The monoisotopic (exact) mass is 266 g/mol.